The first-order valence-corrected chi connectivity index (χ1v) is 42.3. The van der Waals surface area contributed by atoms with Crippen molar-refractivity contribution in [3.05, 3.63) is 116 Å². The largest absolute Gasteiger partial charge is 0.507 e. The number of aliphatic hydroxyl groups excluding tert-OH is 6. The SMILES string of the molecule is CCCCCCCCCCNCCN[C@@]1(C)CC(OC2C(Oc3c4cc5cc3Oc3ccc(cc3Cl)[C@@H](O)[C@@H](NC(=O)[C@@H](CC(C)C)NC)C(=O)N[C@@H](CC(N)=O)C(=O)N[C@H]5C(=O)N[C@H]3C(=O)N[C@H](C(=O)N[C@H](C(=O)O)c5cc(O)c(CNCP(=O)(O)O)c(O)c5-c5cc3ccc5O)[C@H](O)c3ccc(c(Cl)c3)O4)O[C@H](CO)[C@@H](O)[C@@H]2O)O[C@@H](C)[C@@H]1O. The molecule has 7 amide bonds. The lowest BCUT2D eigenvalue weighted by molar-refractivity contribution is -0.334. The third-order valence-electron chi connectivity index (χ3n) is 21.7. The molecule has 18 atom stereocenters. The molecule has 7 heterocycles. The predicted octanol–water partition coefficient (Wildman–Crippen LogP) is 2.69. The monoisotopic (exact) mass is 1750 g/mol. The Morgan fingerprint density at radius 3 is 1.91 bits per heavy atom. The normalized spacial score (nSPS) is 26.7. The molecule has 0 radical (unpaired) electrons. The summed E-state index contributed by atoms with van der Waals surface area (Å²) in [5.74, 6) is -17.1. The first-order valence-electron chi connectivity index (χ1n) is 39.7. The summed E-state index contributed by atoms with van der Waals surface area (Å²) in [7, 11) is -3.38. The van der Waals surface area contributed by atoms with E-state index in [2.05, 4.69) is 60.1 Å². The molecular weight excluding hydrogens is 1650 g/mol. The Morgan fingerprint density at radius 2 is 1.31 bits per heavy atom. The second-order valence-corrected chi connectivity index (χ2v) is 33.7. The van der Waals surface area contributed by atoms with Crippen LogP contribution in [0.5, 0.6) is 46.0 Å². The second kappa shape index (κ2) is 41.4. The third-order valence-corrected chi connectivity index (χ3v) is 22.9. The maximum absolute atomic E-state index is 16.3. The number of amides is 7. The molecule has 121 heavy (non-hydrogen) atoms. The molecule has 3 unspecified atom stereocenters. The van der Waals surface area contributed by atoms with Crippen molar-refractivity contribution in [1.29, 1.82) is 0 Å². The number of unbranched alkanes of at least 4 members (excludes halogenated alkanes) is 7. The Hall–Kier alpha value is -9.13. The van der Waals surface area contributed by atoms with Crippen LogP contribution < -0.4 is 73.1 Å². The number of carbonyl (C=O) groups is 8. The van der Waals surface area contributed by atoms with E-state index in [1.807, 2.05) is 13.8 Å². The fourth-order valence-electron chi connectivity index (χ4n) is 15.2. The number of rotatable bonds is 30. The molecule has 2 fully saturated rings. The van der Waals surface area contributed by atoms with E-state index in [0.29, 0.717) is 13.1 Å². The summed E-state index contributed by atoms with van der Waals surface area (Å²) in [4.78, 5) is 138. The minimum Gasteiger partial charge on any atom is -0.507 e. The van der Waals surface area contributed by atoms with E-state index in [1.54, 1.807) is 13.8 Å². The minimum atomic E-state index is -4.85. The summed E-state index contributed by atoms with van der Waals surface area (Å²) in [5, 5.41) is 144. The van der Waals surface area contributed by atoms with E-state index in [-0.39, 0.29) is 40.7 Å². The van der Waals surface area contributed by atoms with Crippen molar-refractivity contribution in [2.45, 2.75) is 221 Å². The van der Waals surface area contributed by atoms with Crippen LogP contribution in [0.3, 0.4) is 0 Å². The molecule has 0 saturated carbocycles. The number of aliphatic hydroxyl groups is 6. The Morgan fingerprint density at radius 1 is 0.694 bits per heavy atom. The number of fused-ring (bicyclic) bond motifs is 15. The maximum atomic E-state index is 16.3. The van der Waals surface area contributed by atoms with Gasteiger partial charge in [-0.25, -0.2) is 4.79 Å². The Bertz CT molecular complexity index is 4650. The summed E-state index contributed by atoms with van der Waals surface area (Å²) < 4.78 is 51.4. The van der Waals surface area contributed by atoms with Gasteiger partial charge in [-0.1, -0.05) is 107 Å². The summed E-state index contributed by atoms with van der Waals surface area (Å²) in [6.45, 7) is 8.98. The molecule has 0 spiro atoms. The topological polar surface area (TPSA) is 598 Å². The Kier molecular flexibility index (Phi) is 32.2. The number of hydrogen-bond acceptors (Lipinski definition) is 28. The van der Waals surface area contributed by atoms with Gasteiger partial charge in [0.15, 0.2) is 29.9 Å². The zero-order valence-corrected chi connectivity index (χ0v) is 69.5. The van der Waals surface area contributed by atoms with Crippen LogP contribution in [0.2, 0.25) is 10.0 Å². The van der Waals surface area contributed by atoms with Crippen molar-refractivity contribution in [2.75, 3.05) is 39.6 Å². The fourth-order valence-corrected chi connectivity index (χ4v) is 16.0. The lowest BCUT2D eigenvalue weighted by atomic mass is 9.85. The van der Waals surface area contributed by atoms with Crippen molar-refractivity contribution in [3.63, 3.8) is 0 Å². The van der Waals surface area contributed by atoms with Crippen LogP contribution in [0.4, 0.5) is 0 Å². The van der Waals surface area contributed by atoms with Gasteiger partial charge in [0.05, 0.1) is 53.2 Å². The highest BCUT2D eigenvalue weighted by molar-refractivity contribution is 7.51. The molecule has 662 valence electrons. The summed E-state index contributed by atoms with van der Waals surface area (Å²) in [6.07, 6.45) is -10.6. The van der Waals surface area contributed by atoms with E-state index < -0.39 is 269 Å². The fraction of sp³-hybridized carbons (Fsp3) is 0.525. The molecule has 5 aromatic carbocycles. The molecule has 5 aromatic rings. The molecule has 12 rings (SSSR count). The summed E-state index contributed by atoms with van der Waals surface area (Å²) in [6, 6.07) is -2.39. The van der Waals surface area contributed by atoms with Crippen LogP contribution in [-0.4, -0.2) is 227 Å². The van der Waals surface area contributed by atoms with Crippen LogP contribution in [0.1, 0.15) is 169 Å². The van der Waals surface area contributed by atoms with Gasteiger partial charge in [-0.05, 0) is 123 Å². The summed E-state index contributed by atoms with van der Waals surface area (Å²) >= 11 is 14.3. The van der Waals surface area contributed by atoms with Gasteiger partial charge in [0.25, 0.3) is 0 Å². The van der Waals surface area contributed by atoms with Crippen molar-refractivity contribution in [2.24, 2.45) is 11.7 Å². The van der Waals surface area contributed by atoms with E-state index in [0.717, 1.165) is 86.5 Å². The average Bonchev–Trinajstić information content (AvgIpc) is 1.36. The number of phenolic OH excluding ortho intramolecular Hbond substituents is 3. The zero-order chi connectivity index (χ0) is 88.2. The van der Waals surface area contributed by atoms with Gasteiger partial charge in [0, 0.05) is 48.3 Å². The zero-order valence-electron chi connectivity index (χ0n) is 67.1. The number of likely N-dealkylation sites (N-methyl/N-ethyl adjacent to an activating group) is 1. The highest BCUT2D eigenvalue weighted by Gasteiger charge is 2.52. The van der Waals surface area contributed by atoms with Crippen LogP contribution in [0.25, 0.3) is 11.1 Å². The number of aromatic hydroxyl groups is 3. The Labute approximate surface area is 705 Å². The molecule has 41 heteroatoms. The second-order valence-electron chi connectivity index (χ2n) is 31.3. The quantitative estimate of drug-likeness (QED) is 0.0232. The van der Waals surface area contributed by atoms with Gasteiger partial charge in [0.2, 0.25) is 53.4 Å². The van der Waals surface area contributed by atoms with Gasteiger partial charge in [-0.3, -0.25) is 38.1 Å². The molecule has 11 bridgehead atoms. The molecule has 2 saturated heterocycles. The number of primary amides is 1. The average molecular weight is 1760 g/mol. The number of ether oxygens (including phenoxy) is 6. The highest BCUT2D eigenvalue weighted by Crippen LogP contribution is 2.51. The molecule has 7 aliphatic rings. The number of halogens is 2. The number of phenols is 3. The first kappa shape index (κ1) is 94.1. The number of hydrogen-bond donors (Lipinski definition) is 23. The molecule has 7 aliphatic heterocycles. The van der Waals surface area contributed by atoms with Gasteiger partial charge in [-0.15, -0.1) is 0 Å². The number of benzene rings is 5. The lowest BCUT2D eigenvalue weighted by Crippen LogP contribution is -2.65. The number of carboxylic acid groups (broad SMARTS) is 1. The van der Waals surface area contributed by atoms with E-state index in [9.17, 15) is 79.8 Å². The number of aliphatic carboxylic acids is 1. The standard InChI is InChI=1S/C80H106Cl2N11O27P/c1-7-8-9-10-11-12-13-14-21-85-22-23-87-80(5)32-57(115-37(4)71(80)103)119-70-68(102)67(101)55(34-94)118-79(70)120-69-53-28-41-29-54(69)117-52-20-17-40(27-46(52)82)65(99)63-77(109)91-61(78(110)111)43-30-50(96)44(33-86-35-121(112,113)114)66(100)58(43)42-25-38(15-18-49(42)95)59(74(106)93-63)90-75(107)60(41)89-73(105)48(31-56(83)97)88-76(108)62(92-72(104)47(84-6)24-36(2)3)64(98)39-16-19-51(116-53)45(81)26-39/h15-20,25-30,36-37,47-48,55,57,59-65,67-68,70-71,79,84-87,94-96,98-103H,7-14,21-24,31-35H2,1-6H3,(H2,83,97)(H,88,108)(H,89,105)(H,90,107)(H,91,109)(H,92,104)(H,93,106)(H,110,111)(H2,112,113,114)/t37-,47+,48-,55+,57?,59+,60+,61-,62+,63-,64+,65+,67+,68-,70?,71-,79?,80-/m0/s1. The van der Waals surface area contributed by atoms with Crippen LogP contribution in [-0.2, 0) is 63.7 Å². The van der Waals surface area contributed by atoms with Crippen LogP contribution in [0.15, 0.2) is 72.8 Å². The van der Waals surface area contributed by atoms with Crippen LogP contribution >= 0.6 is 30.8 Å². The van der Waals surface area contributed by atoms with E-state index in [4.69, 9.17) is 57.4 Å². The van der Waals surface area contributed by atoms with E-state index in [1.165, 1.54) is 51.3 Å². The van der Waals surface area contributed by atoms with Crippen molar-refractivity contribution < 1.29 is 132 Å². The van der Waals surface area contributed by atoms with Crippen molar-refractivity contribution >= 4 is 78.1 Å². The van der Waals surface area contributed by atoms with Crippen molar-refractivity contribution in [3.8, 4) is 57.1 Å². The van der Waals surface area contributed by atoms with Gasteiger partial charge in [-0.2, -0.15) is 0 Å². The highest BCUT2D eigenvalue weighted by atomic mass is 35.5. The molecule has 24 N–H and O–H groups in total. The maximum Gasteiger partial charge on any atom is 0.339 e. The van der Waals surface area contributed by atoms with Gasteiger partial charge < -0.3 is 148 Å². The Balaban J connectivity index is 1.17. The first-order chi connectivity index (χ1) is 57.3. The minimum absolute atomic E-state index is 0.123. The summed E-state index contributed by atoms with van der Waals surface area (Å²) in [5.41, 5.74) is 0.545. The number of nitrogens with two attached hydrogens (primary N) is 1. The van der Waals surface area contributed by atoms with Crippen LogP contribution in [0, 0.1) is 5.92 Å². The molecular formula is C80H106Cl2N11O27P. The van der Waals surface area contributed by atoms with Gasteiger partial charge >= 0.3 is 13.6 Å². The van der Waals surface area contributed by atoms with E-state index >= 15 is 24.0 Å². The smallest absolute Gasteiger partial charge is 0.339 e. The predicted molar refractivity (Wildman–Crippen MR) is 432 cm³/mol. The third kappa shape index (κ3) is 23.0. The number of carboxylic acids is 1. The molecule has 38 nitrogen and oxygen atoms in total. The lowest BCUT2D eigenvalue weighted by Gasteiger charge is -2.48. The van der Waals surface area contributed by atoms with Gasteiger partial charge in [0.1, 0.15) is 89.5 Å². The molecule has 0 aromatic heterocycles. The van der Waals surface area contributed by atoms with Crippen molar-refractivity contribution in [1.82, 2.24) is 53.2 Å². The number of carbonyl (C=O) groups excluding carboxylic acids is 7. The number of nitrogens with one attached hydrogen (secondary N) is 10. The molecule has 0 aliphatic carbocycles.